The summed E-state index contributed by atoms with van der Waals surface area (Å²) in [6.45, 7) is -2.09. The Morgan fingerprint density at radius 3 is 1.94 bits per heavy atom. The van der Waals surface area contributed by atoms with Crippen LogP contribution < -0.4 is 0 Å². The van der Waals surface area contributed by atoms with Gasteiger partial charge in [0.05, 0.1) is 0 Å². The third kappa shape index (κ3) is 6.31. The zero-order valence-electron chi connectivity index (χ0n) is 20.2. The van der Waals surface area contributed by atoms with Gasteiger partial charge in [0.25, 0.3) is 0 Å². The average Bonchev–Trinajstić information content (AvgIpc) is 2.90. The molecule has 159 valence electrons. The van der Waals surface area contributed by atoms with Gasteiger partial charge in [-0.15, -0.1) is 71.8 Å². The Kier molecular flexibility index (Phi) is 7.15. The molecule has 0 bridgehead atoms. The monoisotopic (exact) mass is 594 g/mol. The molecule has 0 spiro atoms. The van der Waals surface area contributed by atoms with E-state index in [0.717, 1.165) is 22.5 Å². The van der Waals surface area contributed by atoms with E-state index in [1.54, 1.807) is 18.2 Å². The maximum atomic E-state index is 7.23. The molecule has 3 aromatic carbocycles. The Bertz CT molecular complexity index is 1250. The van der Waals surface area contributed by atoms with Gasteiger partial charge in [-0.05, 0) is 41.0 Å². The van der Waals surface area contributed by atoms with Gasteiger partial charge in [-0.1, -0.05) is 48.5 Å². The number of benzene rings is 3. The molecule has 2 heterocycles. The van der Waals surface area contributed by atoms with Crippen LogP contribution in [0.4, 0.5) is 0 Å². The maximum Gasteiger partial charge on any atom is 0.0280 e. The van der Waals surface area contributed by atoms with Crippen molar-refractivity contribution in [3.8, 4) is 33.6 Å². The van der Waals surface area contributed by atoms with Crippen LogP contribution in [-0.4, -0.2) is 9.97 Å². The van der Waals surface area contributed by atoms with E-state index in [4.69, 9.17) is 4.11 Å². The van der Waals surface area contributed by atoms with Gasteiger partial charge in [0.2, 0.25) is 0 Å². The summed E-state index contributed by atoms with van der Waals surface area (Å²) in [5.74, 6) is 0. The molecule has 2 nitrogen and oxygen atoms in total. The predicted molar refractivity (Wildman–Crippen MR) is 127 cm³/mol. The van der Waals surface area contributed by atoms with Gasteiger partial charge in [-0.3, -0.25) is 0 Å². The van der Waals surface area contributed by atoms with Gasteiger partial charge >= 0.3 is 0 Å². The summed E-state index contributed by atoms with van der Waals surface area (Å²) in [6.07, 6.45) is 3.24. The van der Waals surface area contributed by atoms with Crippen LogP contribution in [0.1, 0.15) is 9.68 Å². The summed E-state index contributed by atoms with van der Waals surface area (Å²) in [5, 5.41) is 0. The fourth-order valence-electron chi connectivity index (χ4n) is 3.05. The summed E-state index contributed by atoms with van der Waals surface area (Å²) in [5.41, 5.74) is 6.21. The van der Waals surface area contributed by atoms with Crippen molar-refractivity contribution in [1.29, 1.82) is 0 Å². The van der Waals surface area contributed by atoms with Crippen molar-refractivity contribution in [2.45, 2.75) is 6.85 Å². The van der Waals surface area contributed by atoms with Gasteiger partial charge in [0, 0.05) is 36.6 Å². The summed E-state index contributed by atoms with van der Waals surface area (Å²) in [6, 6.07) is 39.3. The minimum atomic E-state index is -2.09. The van der Waals surface area contributed by atoms with E-state index in [-0.39, 0.29) is 25.7 Å². The number of hydrogen-bond donors (Lipinski definition) is 0. The smallest absolute Gasteiger partial charge is 0.0280 e. The quantitative estimate of drug-likeness (QED) is 0.209. The SMILES string of the molecule is [2H]C([2H])([2H])c1ccc(-c2[c-]cccc2)nc1.[Ir].[c-]1ccccc1-c1cc(-c2ccccc2)ccn1. The molecule has 0 atom stereocenters. The third-order valence-corrected chi connectivity index (χ3v) is 4.60. The molecule has 0 unspecified atom stereocenters. The molecule has 32 heavy (non-hydrogen) atoms. The van der Waals surface area contributed by atoms with E-state index < -0.39 is 6.85 Å². The van der Waals surface area contributed by atoms with Gasteiger partial charge in [-0.2, -0.15) is 0 Å². The standard InChI is InChI=1S/C17H12N.C12H10N.Ir/c1-3-7-14(8-4-1)16-11-12-18-17(13-16)15-9-5-2-6-10-15;1-10-7-8-12(13-9-10)11-5-3-2-4-6-11;/h1-9,11-13H;2-5,7-9H,1H3;/q2*-1;/i;1D3;. The van der Waals surface area contributed by atoms with Crippen LogP contribution in [0.5, 0.6) is 0 Å². The second-order valence-electron chi connectivity index (χ2n) is 6.78. The molecule has 0 aliphatic heterocycles. The first-order valence-corrected chi connectivity index (χ1v) is 9.93. The van der Waals surface area contributed by atoms with Crippen molar-refractivity contribution in [2.24, 2.45) is 0 Å². The number of pyridine rings is 2. The summed E-state index contributed by atoms with van der Waals surface area (Å²) in [7, 11) is 0. The summed E-state index contributed by atoms with van der Waals surface area (Å²) < 4.78 is 21.7. The number of aromatic nitrogens is 2. The van der Waals surface area contributed by atoms with E-state index in [9.17, 15) is 0 Å². The summed E-state index contributed by atoms with van der Waals surface area (Å²) >= 11 is 0. The second-order valence-corrected chi connectivity index (χ2v) is 6.78. The molecule has 0 fully saturated rings. The molecule has 0 saturated carbocycles. The number of nitrogens with zero attached hydrogens (tertiary/aromatic N) is 2. The Morgan fingerprint density at radius 1 is 0.656 bits per heavy atom. The molecule has 5 rings (SSSR count). The van der Waals surface area contributed by atoms with E-state index in [0.29, 0.717) is 0 Å². The van der Waals surface area contributed by atoms with E-state index in [2.05, 4.69) is 40.3 Å². The fourth-order valence-corrected chi connectivity index (χ4v) is 3.05. The van der Waals surface area contributed by atoms with Crippen LogP contribution in [0, 0.1) is 19.0 Å². The van der Waals surface area contributed by atoms with Crippen molar-refractivity contribution in [3.63, 3.8) is 0 Å². The molecular weight excluding hydrogens is 569 g/mol. The number of rotatable bonds is 3. The zero-order valence-corrected chi connectivity index (χ0v) is 19.6. The van der Waals surface area contributed by atoms with Crippen LogP contribution in [0.2, 0.25) is 0 Å². The van der Waals surface area contributed by atoms with Crippen LogP contribution in [-0.2, 0) is 20.1 Å². The third-order valence-electron chi connectivity index (χ3n) is 4.60. The first-order valence-electron chi connectivity index (χ1n) is 11.4. The van der Waals surface area contributed by atoms with Crippen molar-refractivity contribution in [1.82, 2.24) is 9.97 Å². The number of aryl methyl sites for hydroxylation is 1. The predicted octanol–water partition coefficient (Wildman–Crippen LogP) is 7.07. The van der Waals surface area contributed by atoms with Crippen LogP contribution in [0.15, 0.2) is 116 Å². The minimum Gasteiger partial charge on any atom is -0.305 e. The molecule has 0 N–H and O–H groups in total. The Hall–Kier alpha value is -3.39. The Balaban J connectivity index is 0.000000192. The van der Waals surface area contributed by atoms with Crippen molar-refractivity contribution in [3.05, 3.63) is 133 Å². The van der Waals surface area contributed by atoms with Gasteiger partial charge in [0.15, 0.2) is 0 Å². The number of hydrogen-bond acceptors (Lipinski definition) is 2. The van der Waals surface area contributed by atoms with E-state index in [1.165, 1.54) is 17.3 Å². The molecule has 0 saturated heterocycles. The second kappa shape index (κ2) is 11.9. The Morgan fingerprint density at radius 2 is 1.34 bits per heavy atom. The van der Waals surface area contributed by atoms with Gasteiger partial charge < -0.3 is 9.97 Å². The van der Waals surface area contributed by atoms with Crippen LogP contribution in [0.25, 0.3) is 33.6 Å². The summed E-state index contributed by atoms with van der Waals surface area (Å²) in [4.78, 5) is 8.53. The van der Waals surface area contributed by atoms with E-state index in [1.807, 2.05) is 72.9 Å². The molecule has 0 aliphatic carbocycles. The van der Waals surface area contributed by atoms with Crippen LogP contribution in [0.3, 0.4) is 0 Å². The van der Waals surface area contributed by atoms with Crippen LogP contribution >= 0.6 is 0 Å². The molecule has 0 amide bonds. The van der Waals surface area contributed by atoms with Crippen molar-refractivity contribution < 1.29 is 24.2 Å². The fraction of sp³-hybridized carbons (Fsp3) is 0.0345. The van der Waals surface area contributed by atoms with Gasteiger partial charge in [-0.25, -0.2) is 0 Å². The molecule has 1 radical (unpaired) electrons. The largest absolute Gasteiger partial charge is 0.305 e. The van der Waals surface area contributed by atoms with Crippen molar-refractivity contribution in [2.75, 3.05) is 0 Å². The normalized spacial score (nSPS) is 11.6. The topological polar surface area (TPSA) is 25.8 Å². The first-order chi connectivity index (χ1) is 16.5. The van der Waals surface area contributed by atoms with Crippen molar-refractivity contribution >= 4 is 0 Å². The van der Waals surface area contributed by atoms with E-state index >= 15 is 0 Å². The zero-order chi connectivity index (χ0) is 23.8. The molecule has 5 aromatic rings. The minimum absolute atomic E-state index is 0. The maximum absolute atomic E-state index is 7.23. The molecule has 3 heteroatoms. The Labute approximate surface area is 207 Å². The molecule has 0 aliphatic rings. The molecule has 2 aromatic heterocycles. The van der Waals surface area contributed by atoms with Gasteiger partial charge in [0.1, 0.15) is 0 Å². The average molecular weight is 594 g/mol. The first kappa shape index (κ1) is 19.3. The molecular formula is C29H22IrN2-2.